The van der Waals surface area contributed by atoms with Gasteiger partial charge < -0.3 is 5.11 Å². The molecule has 2 aromatic rings. The van der Waals surface area contributed by atoms with Gasteiger partial charge in [-0.05, 0) is 12.1 Å². The molecule has 1 unspecified atom stereocenters. The summed E-state index contributed by atoms with van der Waals surface area (Å²) in [4.78, 5) is 14.8. The van der Waals surface area contributed by atoms with Crippen molar-refractivity contribution >= 4 is 41.2 Å². The predicted molar refractivity (Wildman–Crippen MR) is 87.3 cm³/mol. The average Bonchev–Trinajstić information content (AvgIpc) is 2.86. The van der Waals surface area contributed by atoms with E-state index in [0.29, 0.717) is 10.0 Å². The second kappa shape index (κ2) is 5.84. The van der Waals surface area contributed by atoms with Crippen molar-refractivity contribution in [1.82, 2.24) is 4.98 Å². The number of nitro groups is 1. The number of halogens is 1. The topological polar surface area (TPSA) is 76.3 Å². The van der Waals surface area contributed by atoms with Crippen molar-refractivity contribution in [3.8, 4) is 0 Å². The van der Waals surface area contributed by atoms with Crippen LogP contribution in [0.3, 0.4) is 0 Å². The van der Waals surface area contributed by atoms with Gasteiger partial charge in [0.2, 0.25) is 0 Å². The number of nitrogens with zero attached hydrogens (tertiary/aromatic N) is 2. The van der Waals surface area contributed by atoms with E-state index in [1.54, 1.807) is 6.20 Å². The quantitative estimate of drug-likeness (QED) is 0.525. The van der Waals surface area contributed by atoms with Gasteiger partial charge in [-0.2, -0.15) is 0 Å². The summed E-state index contributed by atoms with van der Waals surface area (Å²) in [6, 6.07) is 4.15. The number of rotatable bonds is 4. The fraction of sp³-hybridized carbons (Fsp3) is 0.308. The lowest BCUT2D eigenvalue weighted by Gasteiger charge is -2.12. The van der Waals surface area contributed by atoms with E-state index in [0.717, 1.165) is 4.50 Å². The molecule has 0 saturated heterocycles. The van der Waals surface area contributed by atoms with Crippen LogP contribution in [-0.2, 0) is 0 Å². The molecule has 0 radical (unpaired) electrons. The summed E-state index contributed by atoms with van der Waals surface area (Å²) in [5.74, 6) is 0. The summed E-state index contributed by atoms with van der Waals surface area (Å²) in [5.41, 5.74) is 0.0145. The number of thiazole rings is 1. The van der Waals surface area contributed by atoms with E-state index in [1.807, 2.05) is 0 Å². The lowest BCUT2D eigenvalue weighted by Crippen LogP contribution is -2.34. The molecule has 1 atom stereocenters. The second-order valence-corrected chi connectivity index (χ2v) is 12.6. The minimum Gasteiger partial charge on any atom is -0.381 e. The van der Waals surface area contributed by atoms with Crippen LogP contribution < -0.4 is 4.50 Å². The van der Waals surface area contributed by atoms with Crippen LogP contribution in [0.2, 0.25) is 24.7 Å². The highest BCUT2D eigenvalue weighted by molar-refractivity contribution is 7.26. The maximum Gasteiger partial charge on any atom is 0.275 e. The number of aliphatic hydroxyl groups is 1. The van der Waals surface area contributed by atoms with Crippen LogP contribution in [0.15, 0.2) is 24.4 Å². The molecule has 0 bridgehead atoms. The second-order valence-electron chi connectivity index (χ2n) is 5.68. The maximum absolute atomic E-state index is 11.1. The summed E-state index contributed by atoms with van der Waals surface area (Å²) in [7, 11) is -1.52. The van der Waals surface area contributed by atoms with Gasteiger partial charge in [-0.25, -0.2) is 4.98 Å². The zero-order valence-corrected chi connectivity index (χ0v) is 14.4. The Balaban J connectivity index is 2.45. The number of hydrogen-bond acceptors (Lipinski definition) is 5. The standard InChI is InChI=1S/C13H15ClN2O3SSi/c1-21(2,3)11-7-15-13(20-11)12(17)9-6-8(14)4-5-10(9)16(18)19/h4-7,12,17H,1-3H3. The van der Waals surface area contributed by atoms with E-state index in [1.165, 1.54) is 29.5 Å². The number of benzene rings is 1. The van der Waals surface area contributed by atoms with Crippen molar-refractivity contribution in [3.63, 3.8) is 0 Å². The van der Waals surface area contributed by atoms with Gasteiger partial charge in [-0.3, -0.25) is 10.1 Å². The first kappa shape index (κ1) is 16.1. The summed E-state index contributed by atoms with van der Waals surface area (Å²) in [6.45, 7) is 6.54. The third-order valence-corrected chi connectivity index (χ3v) is 7.83. The van der Waals surface area contributed by atoms with E-state index in [2.05, 4.69) is 24.6 Å². The molecule has 1 heterocycles. The zero-order valence-electron chi connectivity index (χ0n) is 11.8. The summed E-state index contributed by atoms with van der Waals surface area (Å²) >= 11 is 7.29. The summed E-state index contributed by atoms with van der Waals surface area (Å²) in [5, 5.41) is 22.3. The van der Waals surface area contributed by atoms with Crippen molar-refractivity contribution in [3.05, 3.63) is 50.1 Å². The Kier molecular flexibility index (Phi) is 4.48. The summed E-state index contributed by atoms with van der Waals surface area (Å²) in [6.07, 6.45) is 0.616. The van der Waals surface area contributed by atoms with Crippen LogP contribution in [0, 0.1) is 10.1 Å². The Bertz CT molecular complexity index is 684. The van der Waals surface area contributed by atoms with Crippen molar-refractivity contribution < 1.29 is 10.0 Å². The molecule has 0 saturated carbocycles. The molecule has 1 aromatic carbocycles. The number of hydrogen-bond donors (Lipinski definition) is 1. The van der Waals surface area contributed by atoms with Gasteiger partial charge in [0.05, 0.1) is 18.6 Å². The molecule has 21 heavy (non-hydrogen) atoms. The fourth-order valence-corrected chi connectivity index (χ4v) is 4.65. The SMILES string of the molecule is C[Si](C)(C)c1cnc(C(O)c2cc(Cl)ccc2[N+](=O)[O-])s1. The van der Waals surface area contributed by atoms with Gasteiger partial charge in [0.15, 0.2) is 0 Å². The van der Waals surface area contributed by atoms with E-state index < -0.39 is 19.1 Å². The van der Waals surface area contributed by atoms with Crippen molar-refractivity contribution in [2.75, 3.05) is 0 Å². The highest BCUT2D eigenvalue weighted by atomic mass is 35.5. The molecule has 0 aliphatic heterocycles. The van der Waals surface area contributed by atoms with E-state index in [9.17, 15) is 15.2 Å². The average molecular weight is 343 g/mol. The molecule has 2 rings (SSSR count). The van der Waals surface area contributed by atoms with E-state index >= 15 is 0 Å². The molecule has 1 aromatic heterocycles. The van der Waals surface area contributed by atoms with Crippen LogP contribution >= 0.6 is 22.9 Å². The number of aliphatic hydroxyl groups excluding tert-OH is 1. The molecule has 112 valence electrons. The van der Waals surface area contributed by atoms with Gasteiger partial charge in [0.1, 0.15) is 11.1 Å². The highest BCUT2D eigenvalue weighted by Crippen LogP contribution is 2.32. The molecule has 0 fully saturated rings. The van der Waals surface area contributed by atoms with Gasteiger partial charge in [-0.15, -0.1) is 11.3 Å². The molecule has 0 spiro atoms. The lowest BCUT2D eigenvalue weighted by molar-refractivity contribution is -0.386. The Morgan fingerprint density at radius 1 is 1.43 bits per heavy atom. The van der Waals surface area contributed by atoms with Gasteiger partial charge in [-0.1, -0.05) is 31.2 Å². The molecule has 0 amide bonds. The van der Waals surface area contributed by atoms with E-state index in [-0.39, 0.29) is 11.3 Å². The first-order chi connectivity index (χ1) is 9.70. The Labute approximate surface area is 132 Å². The van der Waals surface area contributed by atoms with Gasteiger partial charge in [0.25, 0.3) is 5.69 Å². The van der Waals surface area contributed by atoms with E-state index in [4.69, 9.17) is 11.6 Å². The van der Waals surface area contributed by atoms with Crippen molar-refractivity contribution in [1.29, 1.82) is 0 Å². The number of nitro benzene ring substituents is 1. The van der Waals surface area contributed by atoms with Crippen LogP contribution in [-0.4, -0.2) is 23.1 Å². The molecule has 8 heteroatoms. The molecular weight excluding hydrogens is 328 g/mol. The predicted octanol–water partition coefficient (Wildman–Crippen LogP) is 3.33. The third kappa shape index (κ3) is 3.49. The Morgan fingerprint density at radius 2 is 2.10 bits per heavy atom. The number of aromatic nitrogens is 1. The van der Waals surface area contributed by atoms with Gasteiger partial charge >= 0.3 is 0 Å². The first-order valence-electron chi connectivity index (χ1n) is 6.28. The highest BCUT2D eigenvalue weighted by Gasteiger charge is 2.27. The maximum atomic E-state index is 11.1. The minimum atomic E-state index is -1.52. The van der Waals surface area contributed by atoms with Gasteiger partial charge in [0, 0.05) is 21.8 Å². The largest absolute Gasteiger partial charge is 0.381 e. The lowest BCUT2D eigenvalue weighted by atomic mass is 10.1. The normalized spacial score (nSPS) is 13.2. The van der Waals surface area contributed by atoms with Crippen molar-refractivity contribution in [2.24, 2.45) is 0 Å². The smallest absolute Gasteiger partial charge is 0.275 e. The first-order valence-corrected chi connectivity index (χ1v) is 11.0. The monoisotopic (exact) mass is 342 g/mol. The molecule has 0 aliphatic rings. The van der Waals surface area contributed by atoms with Crippen LogP contribution in [0.25, 0.3) is 0 Å². The molecular formula is C13H15ClN2O3SSi. The molecule has 1 N–H and O–H groups in total. The zero-order chi connectivity index (χ0) is 15.8. The van der Waals surface area contributed by atoms with Crippen molar-refractivity contribution in [2.45, 2.75) is 25.7 Å². The Hall–Kier alpha value is -1.28. The summed E-state index contributed by atoms with van der Waals surface area (Å²) < 4.78 is 1.14. The van der Waals surface area contributed by atoms with Crippen LogP contribution in [0.4, 0.5) is 5.69 Å². The Morgan fingerprint density at radius 3 is 2.62 bits per heavy atom. The van der Waals surface area contributed by atoms with Crippen LogP contribution in [0.5, 0.6) is 0 Å². The molecule has 5 nitrogen and oxygen atoms in total. The van der Waals surface area contributed by atoms with Crippen LogP contribution in [0.1, 0.15) is 16.7 Å². The fourth-order valence-electron chi connectivity index (χ4n) is 1.80. The molecule has 0 aliphatic carbocycles. The third-order valence-electron chi connectivity index (χ3n) is 2.98. The minimum absolute atomic E-state index is 0.156.